The van der Waals surface area contributed by atoms with Crippen molar-refractivity contribution < 1.29 is 4.79 Å². The Labute approximate surface area is 118 Å². The molecule has 0 aromatic heterocycles. The summed E-state index contributed by atoms with van der Waals surface area (Å²) in [5, 5.41) is 6.47. The molecule has 4 heteroatoms. The average molecular weight is 269 g/mol. The molecule has 0 aromatic rings. The second-order valence-corrected chi connectivity index (χ2v) is 6.15. The van der Waals surface area contributed by atoms with Crippen LogP contribution in [0.15, 0.2) is 0 Å². The molecule has 0 saturated carbocycles. The highest BCUT2D eigenvalue weighted by atomic mass is 16.1. The van der Waals surface area contributed by atoms with Crippen LogP contribution in [-0.2, 0) is 4.79 Å². The molecule has 1 heterocycles. The third kappa shape index (κ3) is 7.53. The van der Waals surface area contributed by atoms with Crippen molar-refractivity contribution >= 4 is 5.91 Å². The van der Waals surface area contributed by atoms with Crippen molar-refractivity contribution in [2.45, 2.75) is 39.0 Å². The number of amides is 1. The first-order chi connectivity index (χ1) is 9.09. The summed E-state index contributed by atoms with van der Waals surface area (Å²) in [5.41, 5.74) is 0. The van der Waals surface area contributed by atoms with Crippen molar-refractivity contribution in [1.29, 1.82) is 0 Å². The standard InChI is InChI=1S/C15H31N3O/c1-13(14-7-6-8-16-12-14)11-15(19)17-9-4-5-10-18(2)3/h13-14,16H,4-12H2,1-3H3,(H,17,19). The Kier molecular flexibility index (Phi) is 8.07. The monoisotopic (exact) mass is 269 g/mol. The fraction of sp³-hybridized carbons (Fsp3) is 0.933. The number of carbonyl (C=O) groups is 1. The van der Waals surface area contributed by atoms with E-state index in [9.17, 15) is 4.79 Å². The molecule has 2 unspecified atom stereocenters. The van der Waals surface area contributed by atoms with Crippen molar-refractivity contribution in [2.24, 2.45) is 11.8 Å². The van der Waals surface area contributed by atoms with Crippen LogP contribution in [0.4, 0.5) is 0 Å². The van der Waals surface area contributed by atoms with Crippen LogP contribution in [0.25, 0.3) is 0 Å². The number of hydrogen-bond acceptors (Lipinski definition) is 3. The minimum atomic E-state index is 0.225. The molecule has 0 radical (unpaired) electrons. The topological polar surface area (TPSA) is 44.4 Å². The van der Waals surface area contributed by atoms with Gasteiger partial charge in [0.15, 0.2) is 0 Å². The van der Waals surface area contributed by atoms with Crippen LogP contribution in [-0.4, -0.2) is 51.1 Å². The lowest BCUT2D eigenvalue weighted by atomic mass is 9.85. The third-order valence-electron chi connectivity index (χ3n) is 4.00. The predicted octanol–water partition coefficient (Wildman–Crippen LogP) is 1.47. The van der Waals surface area contributed by atoms with E-state index in [4.69, 9.17) is 0 Å². The molecular weight excluding hydrogens is 238 g/mol. The average Bonchev–Trinajstić information content (AvgIpc) is 2.39. The smallest absolute Gasteiger partial charge is 0.220 e. The lowest BCUT2D eigenvalue weighted by Gasteiger charge is -2.28. The molecule has 19 heavy (non-hydrogen) atoms. The molecule has 112 valence electrons. The molecule has 1 saturated heterocycles. The van der Waals surface area contributed by atoms with Crippen molar-refractivity contribution in [1.82, 2.24) is 15.5 Å². The highest BCUT2D eigenvalue weighted by Crippen LogP contribution is 2.22. The Morgan fingerprint density at radius 2 is 2.21 bits per heavy atom. The quantitative estimate of drug-likeness (QED) is 0.656. The van der Waals surface area contributed by atoms with E-state index >= 15 is 0 Å². The molecule has 1 aliphatic rings. The van der Waals surface area contributed by atoms with Gasteiger partial charge < -0.3 is 15.5 Å². The van der Waals surface area contributed by atoms with Gasteiger partial charge in [0.25, 0.3) is 0 Å². The molecular formula is C15H31N3O. The highest BCUT2D eigenvalue weighted by molar-refractivity contribution is 5.76. The summed E-state index contributed by atoms with van der Waals surface area (Å²) in [7, 11) is 4.16. The zero-order valence-corrected chi connectivity index (χ0v) is 12.9. The summed E-state index contributed by atoms with van der Waals surface area (Å²) in [4.78, 5) is 14.0. The second-order valence-electron chi connectivity index (χ2n) is 6.15. The molecule has 4 nitrogen and oxygen atoms in total. The van der Waals surface area contributed by atoms with Crippen LogP contribution >= 0.6 is 0 Å². The number of rotatable bonds is 8. The van der Waals surface area contributed by atoms with E-state index in [-0.39, 0.29) is 5.91 Å². The predicted molar refractivity (Wildman–Crippen MR) is 80.2 cm³/mol. The summed E-state index contributed by atoms with van der Waals surface area (Å²) in [6.07, 6.45) is 5.42. The number of nitrogens with zero attached hydrogens (tertiary/aromatic N) is 1. The van der Waals surface area contributed by atoms with Gasteiger partial charge in [-0.05, 0) is 71.2 Å². The number of unbranched alkanes of at least 4 members (excludes halogenated alkanes) is 1. The van der Waals surface area contributed by atoms with Crippen LogP contribution in [0.1, 0.15) is 39.0 Å². The minimum absolute atomic E-state index is 0.225. The number of nitrogens with one attached hydrogen (secondary N) is 2. The van der Waals surface area contributed by atoms with Crippen LogP contribution in [0.3, 0.4) is 0 Å². The fourth-order valence-corrected chi connectivity index (χ4v) is 2.68. The van der Waals surface area contributed by atoms with Crippen LogP contribution in [0.5, 0.6) is 0 Å². The van der Waals surface area contributed by atoms with Gasteiger partial charge in [-0.3, -0.25) is 4.79 Å². The summed E-state index contributed by atoms with van der Waals surface area (Å²) in [5.74, 6) is 1.39. The molecule has 1 fully saturated rings. The number of hydrogen-bond donors (Lipinski definition) is 2. The van der Waals surface area contributed by atoms with Crippen molar-refractivity contribution in [2.75, 3.05) is 40.3 Å². The largest absolute Gasteiger partial charge is 0.356 e. The molecule has 1 amide bonds. The minimum Gasteiger partial charge on any atom is -0.356 e. The summed E-state index contributed by atoms with van der Waals surface area (Å²) in [6, 6.07) is 0. The zero-order chi connectivity index (χ0) is 14.1. The summed E-state index contributed by atoms with van der Waals surface area (Å²) < 4.78 is 0. The maximum atomic E-state index is 11.9. The van der Waals surface area contributed by atoms with Gasteiger partial charge in [0.2, 0.25) is 5.91 Å². The van der Waals surface area contributed by atoms with Crippen molar-refractivity contribution in [3.8, 4) is 0 Å². The van der Waals surface area contributed by atoms with Gasteiger partial charge in [0.1, 0.15) is 0 Å². The van der Waals surface area contributed by atoms with Crippen molar-refractivity contribution in [3.63, 3.8) is 0 Å². The Bertz CT molecular complexity index is 250. The van der Waals surface area contributed by atoms with Gasteiger partial charge in [-0.1, -0.05) is 6.92 Å². The molecule has 1 rings (SSSR count). The molecule has 0 aliphatic carbocycles. The van der Waals surface area contributed by atoms with E-state index in [0.29, 0.717) is 18.3 Å². The Hall–Kier alpha value is -0.610. The van der Waals surface area contributed by atoms with Gasteiger partial charge in [-0.2, -0.15) is 0 Å². The Balaban J connectivity index is 2.06. The van der Waals surface area contributed by atoms with E-state index in [1.54, 1.807) is 0 Å². The fourth-order valence-electron chi connectivity index (χ4n) is 2.68. The first kappa shape index (κ1) is 16.4. The maximum Gasteiger partial charge on any atom is 0.220 e. The van der Waals surface area contributed by atoms with E-state index in [0.717, 1.165) is 39.0 Å². The van der Waals surface area contributed by atoms with Crippen molar-refractivity contribution in [3.05, 3.63) is 0 Å². The lowest BCUT2D eigenvalue weighted by Crippen LogP contribution is -2.35. The third-order valence-corrected chi connectivity index (χ3v) is 4.00. The van der Waals surface area contributed by atoms with Gasteiger partial charge >= 0.3 is 0 Å². The number of carbonyl (C=O) groups excluding carboxylic acids is 1. The number of piperidine rings is 1. The molecule has 0 spiro atoms. The van der Waals surface area contributed by atoms with Gasteiger partial charge in [0, 0.05) is 13.0 Å². The van der Waals surface area contributed by atoms with Gasteiger partial charge in [0.05, 0.1) is 0 Å². The second kappa shape index (κ2) is 9.32. The van der Waals surface area contributed by atoms with Crippen LogP contribution in [0.2, 0.25) is 0 Å². The SMILES string of the molecule is CC(CC(=O)NCCCCN(C)C)C1CCCNC1. The van der Waals surface area contributed by atoms with Crippen LogP contribution in [0, 0.1) is 11.8 Å². The van der Waals surface area contributed by atoms with Gasteiger partial charge in [-0.25, -0.2) is 0 Å². The normalized spacial score (nSPS) is 21.4. The molecule has 0 aromatic carbocycles. The lowest BCUT2D eigenvalue weighted by molar-refractivity contribution is -0.122. The Morgan fingerprint density at radius 3 is 2.84 bits per heavy atom. The van der Waals surface area contributed by atoms with E-state index in [1.165, 1.54) is 12.8 Å². The zero-order valence-electron chi connectivity index (χ0n) is 12.9. The Morgan fingerprint density at radius 1 is 1.42 bits per heavy atom. The first-order valence-electron chi connectivity index (χ1n) is 7.71. The summed E-state index contributed by atoms with van der Waals surface area (Å²) in [6.45, 7) is 6.35. The van der Waals surface area contributed by atoms with E-state index < -0.39 is 0 Å². The highest BCUT2D eigenvalue weighted by Gasteiger charge is 2.21. The van der Waals surface area contributed by atoms with Gasteiger partial charge in [-0.15, -0.1) is 0 Å². The van der Waals surface area contributed by atoms with Crippen LogP contribution < -0.4 is 10.6 Å². The maximum absolute atomic E-state index is 11.9. The molecule has 0 bridgehead atoms. The summed E-state index contributed by atoms with van der Waals surface area (Å²) >= 11 is 0. The molecule has 2 atom stereocenters. The molecule has 2 N–H and O–H groups in total. The molecule has 1 aliphatic heterocycles. The van der Waals surface area contributed by atoms with E-state index in [1.807, 2.05) is 0 Å². The first-order valence-corrected chi connectivity index (χ1v) is 7.71. The van der Waals surface area contributed by atoms with E-state index in [2.05, 4.69) is 36.6 Å².